The van der Waals surface area contributed by atoms with Gasteiger partial charge in [0.2, 0.25) is 5.69 Å². The van der Waals surface area contributed by atoms with Crippen LogP contribution in [0.1, 0.15) is 28.0 Å². The molecule has 1 rings (SSSR count). The minimum Gasteiger partial charge on any atom is -0.477 e. The van der Waals surface area contributed by atoms with Crippen LogP contribution in [0.2, 0.25) is 0 Å². The van der Waals surface area contributed by atoms with Crippen LogP contribution in [0.3, 0.4) is 0 Å². The molecule has 1 aromatic heterocycles. The molecule has 17 heavy (non-hydrogen) atoms. The first kappa shape index (κ1) is 12.4. The van der Waals surface area contributed by atoms with E-state index in [1.165, 1.54) is 6.07 Å². The number of halogens is 2. The molecule has 0 bridgehead atoms. The lowest BCUT2D eigenvalue weighted by Crippen LogP contribution is -2.10. The lowest BCUT2D eigenvalue weighted by Gasteiger charge is -2.02. The highest BCUT2D eigenvalue weighted by Gasteiger charge is 2.31. The van der Waals surface area contributed by atoms with E-state index < -0.39 is 40.0 Å². The number of rotatable bonds is 3. The highest BCUT2D eigenvalue weighted by molar-refractivity contribution is 5.92. The van der Waals surface area contributed by atoms with Crippen LogP contribution >= 0.6 is 0 Å². The Morgan fingerprint density at radius 1 is 1.65 bits per heavy atom. The van der Waals surface area contributed by atoms with Crippen molar-refractivity contribution in [1.82, 2.24) is 4.98 Å². The van der Waals surface area contributed by atoms with E-state index in [0.29, 0.717) is 6.07 Å². The maximum Gasteiger partial charge on any atom is 0.365 e. The molecule has 1 aromatic rings. The van der Waals surface area contributed by atoms with Crippen molar-refractivity contribution in [2.75, 3.05) is 0 Å². The number of nitrogens with zero attached hydrogens (tertiary/aromatic N) is 3. The second kappa shape index (κ2) is 4.48. The van der Waals surface area contributed by atoms with Gasteiger partial charge in [-0.2, -0.15) is 5.26 Å². The van der Waals surface area contributed by atoms with Gasteiger partial charge in [-0.3, -0.25) is 0 Å². The monoisotopic (exact) mass is 243 g/mol. The summed E-state index contributed by atoms with van der Waals surface area (Å²) in [6, 6.07) is 1.85. The second-order valence-corrected chi connectivity index (χ2v) is 2.76. The fourth-order valence-electron chi connectivity index (χ4n) is 1.12. The third-order valence-electron chi connectivity index (χ3n) is 1.76. The Kier molecular flexibility index (Phi) is 3.28. The lowest BCUT2D eigenvalue weighted by atomic mass is 10.1. The molecule has 0 radical (unpaired) electrons. The van der Waals surface area contributed by atoms with Crippen molar-refractivity contribution in [1.29, 1.82) is 5.26 Å². The number of nitriles is 1. The molecule has 88 valence electrons. The fraction of sp³-hybridized carbons (Fsp3) is 0.125. The quantitative estimate of drug-likeness (QED) is 0.634. The molecule has 0 spiro atoms. The SMILES string of the molecule is N#Cc1cc([N+](=O)[O-])nc(C(F)F)c1C(=O)O. The molecular weight excluding hydrogens is 240 g/mol. The first-order chi connectivity index (χ1) is 7.88. The molecule has 0 atom stereocenters. The fourth-order valence-corrected chi connectivity index (χ4v) is 1.12. The Labute approximate surface area is 92.1 Å². The Bertz CT molecular complexity index is 538. The van der Waals surface area contributed by atoms with Gasteiger partial charge in [0.05, 0.1) is 11.6 Å². The molecule has 1 N–H and O–H groups in total. The number of hydrogen-bond donors (Lipinski definition) is 1. The summed E-state index contributed by atoms with van der Waals surface area (Å²) in [4.78, 5) is 22.9. The summed E-state index contributed by atoms with van der Waals surface area (Å²) < 4.78 is 25.0. The van der Waals surface area contributed by atoms with E-state index in [9.17, 15) is 23.7 Å². The summed E-state index contributed by atoms with van der Waals surface area (Å²) in [6.45, 7) is 0. The Morgan fingerprint density at radius 2 is 2.24 bits per heavy atom. The van der Waals surface area contributed by atoms with E-state index in [-0.39, 0.29) is 0 Å². The van der Waals surface area contributed by atoms with E-state index in [4.69, 9.17) is 10.4 Å². The molecule has 0 aliphatic heterocycles. The number of hydrogen-bond acceptors (Lipinski definition) is 5. The molecular formula is C8H3F2N3O4. The second-order valence-electron chi connectivity index (χ2n) is 2.76. The summed E-state index contributed by atoms with van der Waals surface area (Å²) in [5.41, 5.74) is -3.04. The van der Waals surface area contributed by atoms with E-state index in [0.717, 1.165) is 0 Å². The van der Waals surface area contributed by atoms with Crippen LogP contribution in [-0.4, -0.2) is 21.0 Å². The first-order valence-electron chi connectivity index (χ1n) is 3.99. The van der Waals surface area contributed by atoms with Crippen molar-refractivity contribution in [2.45, 2.75) is 6.43 Å². The summed E-state index contributed by atoms with van der Waals surface area (Å²) >= 11 is 0. The molecule has 9 heteroatoms. The zero-order valence-electron chi connectivity index (χ0n) is 7.92. The number of alkyl halides is 2. The van der Waals surface area contributed by atoms with Gasteiger partial charge in [0.15, 0.2) is 0 Å². The van der Waals surface area contributed by atoms with Crippen molar-refractivity contribution in [2.24, 2.45) is 0 Å². The highest BCUT2D eigenvalue weighted by Crippen LogP contribution is 2.26. The molecule has 1 heterocycles. The van der Waals surface area contributed by atoms with Gasteiger partial charge in [-0.15, -0.1) is 0 Å². The summed E-state index contributed by atoms with van der Waals surface area (Å²) in [6.07, 6.45) is -3.33. The maximum atomic E-state index is 12.5. The number of carboxylic acids is 1. The van der Waals surface area contributed by atoms with Crippen LogP contribution in [-0.2, 0) is 0 Å². The average Bonchev–Trinajstić information content (AvgIpc) is 2.26. The molecule has 0 saturated heterocycles. The summed E-state index contributed by atoms with van der Waals surface area (Å²) in [7, 11) is 0. The smallest absolute Gasteiger partial charge is 0.365 e. The molecule has 0 aromatic carbocycles. The van der Waals surface area contributed by atoms with Crippen LogP contribution in [0.4, 0.5) is 14.6 Å². The van der Waals surface area contributed by atoms with Gasteiger partial charge in [0.1, 0.15) is 11.6 Å². The largest absolute Gasteiger partial charge is 0.477 e. The van der Waals surface area contributed by atoms with Crippen molar-refractivity contribution in [3.05, 3.63) is 33.0 Å². The van der Waals surface area contributed by atoms with Crippen molar-refractivity contribution < 1.29 is 23.6 Å². The standard InChI is InChI=1S/C8H3F2N3O4/c9-7(10)6-5(8(14)15)3(2-11)1-4(12-6)13(16)17/h1,7H,(H,14,15). The Morgan fingerprint density at radius 3 is 2.59 bits per heavy atom. The number of carboxylic acid groups (broad SMARTS) is 1. The van der Waals surface area contributed by atoms with Gasteiger partial charge in [-0.25, -0.2) is 13.6 Å². The molecule has 0 aliphatic rings. The molecule has 0 fully saturated rings. The Hall–Kier alpha value is -2.63. The Balaban J connectivity index is 3.65. The first-order valence-corrected chi connectivity index (χ1v) is 3.99. The van der Waals surface area contributed by atoms with Crippen molar-refractivity contribution in [3.8, 4) is 6.07 Å². The lowest BCUT2D eigenvalue weighted by molar-refractivity contribution is -0.389. The third-order valence-corrected chi connectivity index (χ3v) is 1.76. The molecule has 0 aliphatic carbocycles. The summed E-state index contributed by atoms with van der Waals surface area (Å²) in [5, 5.41) is 27.6. The van der Waals surface area contributed by atoms with Gasteiger partial charge in [-0.05, 0) is 9.91 Å². The minimum atomic E-state index is -3.33. The molecule has 0 unspecified atom stereocenters. The van der Waals surface area contributed by atoms with E-state index in [1.54, 1.807) is 0 Å². The number of pyridine rings is 1. The number of aromatic nitrogens is 1. The number of aromatic carboxylic acids is 1. The van der Waals surface area contributed by atoms with Gasteiger partial charge < -0.3 is 15.2 Å². The van der Waals surface area contributed by atoms with Gasteiger partial charge in [0, 0.05) is 0 Å². The molecule has 7 nitrogen and oxygen atoms in total. The average molecular weight is 243 g/mol. The number of carbonyl (C=O) groups is 1. The van der Waals surface area contributed by atoms with Crippen LogP contribution in [0.25, 0.3) is 0 Å². The van der Waals surface area contributed by atoms with Gasteiger partial charge in [-0.1, -0.05) is 0 Å². The zero-order valence-corrected chi connectivity index (χ0v) is 7.92. The zero-order chi connectivity index (χ0) is 13.2. The predicted octanol–water partition coefficient (Wildman–Crippen LogP) is 1.50. The maximum absolute atomic E-state index is 12.5. The minimum absolute atomic E-state index is 0.537. The highest BCUT2D eigenvalue weighted by atomic mass is 19.3. The molecule has 0 saturated carbocycles. The predicted molar refractivity (Wildman–Crippen MR) is 47.5 cm³/mol. The van der Waals surface area contributed by atoms with Crippen LogP contribution in [0.5, 0.6) is 0 Å². The topological polar surface area (TPSA) is 117 Å². The van der Waals surface area contributed by atoms with E-state index >= 15 is 0 Å². The van der Waals surface area contributed by atoms with Crippen LogP contribution in [0.15, 0.2) is 6.07 Å². The van der Waals surface area contributed by atoms with Gasteiger partial charge in [0.25, 0.3) is 0 Å². The van der Waals surface area contributed by atoms with E-state index in [2.05, 4.69) is 4.98 Å². The van der Waals surface area contributed by atoms with E-state index in [1.807, 2.05) is 0 Å². The van der Waals surface area contributed by atoms with Crippen LogP contribution in [0, 0.1) is 21.4 Å². The molecule has 0 amide bonds. The van der Waals surface area contributed by atoms with Gasteiger partial charge >= 0.3 is 18.2 Å². The number of nitro groups is 1. The summed E-state index contributed by atoms with van der Waals surface area (Å²) in [5.74, 6) is -2.79. The third kappa shape index (κ3) is 2.31. The van der Waals surface area contributed by atoms with Crippen molar-refractivity contribution >= 4 is 11.8 Å². The van der Waals surface area contributed by atoms with Crippen LogP contribution < -0.4 is 0 Å². The normalized spacial score (nSPS) is 10.0. The van der Waals surface area contributed by atoms with Crippen molar-refractivity contribution in [3.63, 3.8) is 0 Å².